The normalized spacial score (nSPS) is 11.1. The predicted octanol–water partition coefficient (Wildman–Crippen LogP) is 7.49. The Labute approximate surface area is 242 Å². The van der Waals surface area contributed by atoms with Gasteiger partial charge in [0, 0.05) is 21.5 Å². The SMILES string of the molecule is CCOc1cc(C=NNC(=O)c2[nH]c3c(C)cc(C)cc3c2-c2ccccc2)ccc1OC(=O)c1ccc(Cl)cc1. The minimum Gasteiger partial charge on any atom is -0.490 e. The van der Waals surface area contributed by atoms with Gasteiger partial charge >= 0.3 is 5.97 Å². The van der Waals surface area contributed by atoms with Crippen LogP contribution in [0.25, 0.3) is 22.0 Å². The predicted molar refractivity (Wildman–Crippen MR) is 162 cm³/mol. The molecule has 0 radical (unpaired) electrons. The van der Waals surface area contributed by atoms with Gasteiger partial charge in [0.15, 0.2) is 11.5 Å². The highest BCUT2D eigenvalue weighted by atomic mass is 35.5. The second-order valence-corrected chi connectivity index (χ2v) is 9.92. The molecule has 4 aromatic carbocycles. The van der Waals surface area contributed by atoms with Crippen LogP contribution in [-0.2, 0) is 0 Å². The second-order valence-electron chi connectivity index (χ2n) is 9.48. The van der Waals surface area contributed by atoms with Crippen molar-refractivity contribution in [2.75, 3.05) is 6.61 Å². The summed E-state index contributed by atoms with van der Waals surface area (Å²) in [4.78, 5) is 29.2. The third-order valence-corrected chi connectivity index (χ3v) is 6.72. The minimum absolute atomic E-state index is 0.268. The van der Waals surface area contributed by atoms with E-state index in [1.165, 1.54) is 6.21 Å². The topological polar surface area (TPSA) is 92.8 Å². The number of hydrogen-bond donors (Lipinski definition) is 2. The molecule has 5 aromatic rings. The number of benzene rings is 4. The fraction of sp³-hybridized carbons (Fsp3) is 0.121. The molecule has 0 bridgehead atoms. The van der Waals surface area contributed by atoms with Crippen LogP contribution in [0.5, 0.6) is 11.5 Å². The van der Waals surface area contributed by atoms with E-state index in [1.54, 1.807) is 42.5 Å². The van der Waals surface area contributed by atoms with Gasteiger partial charge in [0.1, 0.15) is 5.69 Å². The van der Waals surface area contributed by atoms with Gasteiger partial charge < -0.3 is 14.5 Å². The molecule has 1 aromatic heterocycles. The number of carbonyl (C=O) groups is 2. The number of amides is 1. The van der Waals surface area contributed by atoms with E-state index in [0.29, 0.717) is 34.2 Å². The molecule has 1 amide bonds. The van der Waals surface area contributed by atoms with Crippen molar-refractivity contribution in [3.05, 3.63) is 118 Å². The number of carbonyl (C=O) groups excluding carboxylic acids is 2. The Morgan fingerprint density at radius 2 is 1.71 bits per heavy atom. The van der Waals surface area contributed by atoms with Crippen LogP contribution in [0.15, 0.2) is 90.0 Å². The number of ether oxygens (including phenoxy) is 2. The number of rotatable bonds is 8. The molecule has 0 aliphatic rings. The molecule has 41 heavy (non-hydrogen) atoms. The molecule has 0 aliphatic carbocycles. The number of fused-ring (bicyclic) bond motifs is 1. The Morgan fingerprint density at radius 1 is 0.951 bits per heavy atom. The summed E-state index contributed by atoms with van der Waals surface area (Å²) in [6.07, 6.45) is 1.51. The quantitative estimate of drug-likeness (QED) is 0.0882. The van der Waals surface area contributed by atoms with Gasteiger partial charge in [0.25, 0.3) is 5.91 Å². The van der Waals surface area contributed by atoms with Crippen molar-refractivity contribution in [2.45, 2.75) is 20.8 Å². The van der Waals surface area contributed by atoms with Crippen LogP contribution in [0.2, 0.25) is 5.02 Å². The summed E-state index contributed by atoms with van der Waals surface area (Å²) in [5, 5.41) is 5.70. The van der Waals surface area contributed by atoms with Gasteiger partial charge in [-0.1, -0.05) is 53.6 Å². The lowest BCUT2D eigenvalue weighted by Gasteiger charge is -2.11. The lowest BCUT2D eigenvalue weighted by Crippen LogP contribution is -2.19. The first kappa shape index (κ1) is 27.7. The molecule has 8 heteroatoms. The van der Waals surface area contributed by atoms with Crippen molar-refractivity contribution in [1.82, 2.24) is 10.4 Å². The highest BCUT2D eigenvalue weighted by Crippen LogP contribution is 2.35. The summed E-state index contributed by atoms with van der Waals surface area (Å²) in [5.74, 6) is -0.261. The molecular formula is C33H28ClN3O4. The number of hydrogen-bond acceptors (Lipinski definition) is 5. The standard InChI is InChI=1S/C33H28ClN3O4/c1-4-40-28-18-22(10-15-27(28)41-33(39)24-11-13-25(34)14-12-24)19-35-37-32(38)31-29(23-8-6-5-7-9-23)26-17-20(2)16-21(3)30(26)36-31/h5-19,36H,4H2,1-3H3,(H,37,38). The summed E-state index contributed by atoms with van der Waals surface area (Å²) in [6.45, 7) is 6.26. The van der Waals surface area contributed by atoms with Crippen LogP contribution < -0.4 is 14.9 Å². The first-order chi connectivity index (χ1) is 19.8. The number of H-pyrrole nitrogens is 1. The lowest BCUT2D eigenvalue weighted by atomic mass is 9.99. The van der Waals surface area contributed by atoms with E-state index in [0.717, 1.165) is 33.2 Å². The number of aryl methyl sites for hydroxylation is 2. The molecule has 206 valence electrons. The molecule has 0 aliphatic heterocycles. The Kier molecular flexibility index (Phi) is 8.17. The number of hydrazone groups is 1. The van der Waals surface area contributed by atoms with E-state index in [4.69, 9.17) is 21.1 Å². The first-order valence-electron chi connectivity index (χ1n) is 13.1. The monoisotopic (exact) mass is 565 g/mol. The Bertz CT molecular complexity index is 1760. The molecule has 5 rings (SSSR count). The van der Waals surface area contributed by atoms with Crippen molar-refractivity contribution in [2.24, 2.45) is 5.10 Å². The van der Waals surface area contributed by atoms with Gasteiger partial charge in [0.05, 0.1) is 18.4 Å². The molecule has 0 unspecified atom stereocenters. The fourth-order valence-corrected chi connectivity index (χ4v) is 4.78. The number of halogens is 1. The van der Waals surface area contributed by atoms with Crippen LogP contribution in [0.1, 0.15) is 44.5 Å². The van der Waals surface area contributed by atoms with E-state index in [9.17, 15) is 9.59 Å². The van der Waals surface area contributed by atoms with E-state index in [-0.39, 0.29) is 11.7 Å². The fourth-order valence-electron chi connectivity index (χ4n) is 4.65. The zero-order valence-corrected chi connectivity index (χ0v) is 23.6. The Morgan fingerprint density at radius 3 is 2.44 bits per heavy atom. The average Bonchev–Trinajstić information content (AvgIpc) is 3.35. The van der Waals surface area contributed by atoms with Crippen LogP contribution in [-0.4, -0.2) is 29.7 Å². The lowest BCUT2D eigenvalue weighted by molar-refractivity contribution is 0.0728. The van der Waals surface area contributed by atoms with Crippen molar-refractivity contribution in [3.8, 4) is 22.6 Å². The zero-order valence-electron chi connectivity index (χ0n) is 22.8. The molecule has 0 atom stereocenters. The third kappa shape index (κ3) is 6.15. The van der Waals surface area contributed by atoms with Crippen LogP contribution in [0.3, 0.4) is 0 Å². The van der Waals surface area contributed by atoms with Gasteiger partial charge in [-0.05, 0) is 86.0 Å². The van der Waals surface area contributed by atoms with Crippen LogP contribution >= 0.6 is 11.6 Å². The second kappa shape index (κ2) is 12.1. The summed E-state index contributed by atoms with van der Waals surface area (Å²) in [6, 6.07) is 25.4. The summed E-state index contributed by atoms with van der Waals surface area (Å²) in [5.41, 5.74) is 8.91. The smallest absolute Gasteiger partial charge is 0.343 e. The molecular weight excluding hydrogens is 538 g/mol. The van der Waals surface area contributed by atoms with Gasteiger partial charge in [-0.3, -0.25) is 4.79 Å². The molecule has 0 saturated carbocycles. The van der Waals surface area contributed by atoms with Gasteiger partial charge in [-0.25, -0.2) is 10.2 Å². The Balaban J connectivity index is 1.37. The molecule has 2 N–H and O–H groups in total. The number of nitrogens with one attached hydrogen (secondary N) is 2. The first-order valence-corrected chi connectivity index (χ1v) is 13.5. The van der Waals surface area contributed by atoms with Gasteiger partial charge in [0.2, 0.25) is 0 Å². The van der Waals surface area contributed by atoms with Crippen LogP contribution in [0, 0.1) is 13.8 Å². The molecule has 0 fully saturated rings. The number of esters is 1. The molecule has 0 saturated heterocycles. The highest BCUT2D eigenvalue weighted by Gasteiger charge is 2.20. The summed E-state index contributed by atoms with van der Waals surface area (Å²) < 4.78 is 11.3. The zero-order chi connectivity index (χ0) is 28.9. The van der Waals surface area contributed by atoms with E-state index in [1.807, 2.05) is 51.1 Å². The third-order valence-electron chi connectivity index (χ3n) is 6.47. The van der Waals surface area contributed by atoms with Gasteiger partial charge in [-0.2, -0.15) is 5.10 Å². The maximum Gasteiger partial charge on any atom is 0.343 e. The average molecular weight is 566 g/mol. The van der Waals surface area contributed by atoms with Crippen molar-refractivity contribution >= 4 is 40.6 Å². The van der Waals surface area contributed by atoms with Crippen molar-refractivity contribution < 1.29 is 19.1 Å². The van der Waals surface area contributed by atoms with Crippen LogP contribution in [0.4, 0.5) is 0 Å². The maximum absolute atomic E-state index is 13.3. The number of aromatic amines is 1. The maximum atomic E-state index is 13.3. The highest BCUT2D eigenvalue weighted by molar-refractivity contribution is 6.30. The van der Waals surface area contributed by atoms with E-state index in [2.05, 4.69) is 27.6 Å². The van der Waals surface area contributed by atoms with Crippen molar-refractivity contribution in [3.63, 3.8) is 0 Å². The van der Waals surface area contributed by atoms with Crippen molar-refractivity contribution in [1.29, 1.82) is 0 Å². The van der Waals surface area contributed by atoms with E-state index >= 15 is 0 Å². The molecule has 7 nitrogen and oxygen atoms in total. The number of nitrogens with zero attached hydrogens (tertiary/aromatic N) is 1. The van der Waals surface area contributed by atoms with E-state index < -0.39 is 5.97 Å². The minimum atomic E-state index is -0.533. The molecule has 1 heterocycles. The van der Waals surface area contributed by atoms with Gasteiger partial charge in [-0.15, -0.1) is 0 Å². The Hall–Kier alpha value is -4.88. The number of aromatic nitrogens is 1. The molecule has 0 spiro atoms. The largest absolute Gasteiger partial charge is 0.490 e. The summed E-state index contributed by atoms with van der Waals surface area (Å²) in [7, 11) is 0. The summed E-state index contributed by atoms with van der Waals surface area (Å²) >= 11 is 5.91.